The van der Waals surface area contributed by atoms with Crippen LogP contribution in [0, 0.1) is 11.8 Å². The van der Waals surface area contributed by atoms with E-state index in [4.69, 9.17) is 0 Å². The lowest BCUT2D eigenvalue weighted by molar-refractivity contribution is -0.116. The van der Waals surface area contributed by atoms with Crippen molar-refractivity contribution in [3.63, 3.8) is 0 Å². The van der Waals surface area contributed by atoms with Crippen molar-refractivity contribution in [1.82, 2.24) is 5.32 Å². The zero-order chi connectivity index (χ0) is 12.8. The van der Waals surface area contributed by atoms with Crippen LogP contribution >= 0.6 is 0 Å². The lowest BCUT2D eigenvalue weighted by Crippen LogP contribution is -2.47. The van der Waals surface area contributed by atoms with E-state index in [2.05, 4.69) is 34.2 Å². The van der Waals surface area contributed by atoms with E-state index in [1.165, 1.54) is 5.69 Å². The summed E-state index contributed by atoms with van der Waals surface area (Å²) < 4.78 is 0. The number of carbonyl (C=O) groups is 1. The first kappa shape index (κ1) is 12.5. The van der Waals surface area contributed by atoms with E-state index in [-0.39, 0.29) is 11.9 Å². The number of amides is 1. The molecule has 0 unspecified atom stereocenters. The predicted octanol–water partition coefficient (Wildman–Crippen LogP) is 1.79. The van der Waals surface area contributed by atoms with E-state index in [1.807, 2.05) is 18.2 Å². The lowest BCUT2D eigenvalue weighted by atomic mass is 10.0. The first-order chi connectivity index (χ1) is 8.79. The molecule has 0 spiro atoms. The minimum atomic E-state index is -0.169. The van der Waals surface area contributed by atoms with E-state index in [1.54, 1.807) is 6.92 Å². The summed E-state index contributed by atoms with van der Waals surface area (Å²) in [7, 11) is 0. The fourth-order valence-corrected chi connectivity index (χ4v) is 2.30. The minimum absolute atomic E-state index is 0.169. The highest BCUT2D eigenvalue weighted by atomic mass is 16.1. The Kier molecular flexibility index (Phi) is 4.25. The molecule has 1 aliphatic heterocycles. The standard InChI is InChI=1S/C15H18N2O/c1-2-7-15(18)16-13-8-6-11-17(12-13)14-9-4-3-5-10-14/h3-5,9-10,13H,6,8,11-12H2,1H3,(H,16,18)/t13-/m0/s1. The van der Waals surface area contributed by atoms with Gasteiger partial charge in [0.25, 0.3) is 5.91 Å². The van der Waals surface area contributed by atoms with Gasteiger partial charge in [-0.25, -0.2) is 0 Å². The number of piperidine rings is 1. The zero-order valence-corrected chi connectivity index (χ0v) is 10.6. The van der Waals surface area contributed by atoms with Crippen molar-refractivity contribution in [3.8, 4) is 11.8 Å². The van der Waals surface area contributed by atoms with Crippen LogP contribution in [0.2, 0.25) is 0 Å². The summed E-state index contributed by atoms with van der Waals surface area (Å²) in [5.41, 5.74) is 1.22. The Hall–Kier alpha value is -1.95. The quantitative estimate of drug-likeness (QED) is 0.802. The Morgan fingerprint density at radius 1 is 1.39 bits per heavy atom. The molecule has 1 aromatic rings. The fourth-order valence-electron chi connectivity index (χ4n) is 2.30. The number of para-hydroxylation sites is 1. The second-order valence-corrected chi connectivity index (χ2v) is 4.47. The summed E-state index contributed by atoms with van der Waals surface area (Å²) in [5.74, 6) is 4.98. The molecular formula is C15H18N2O. The average Bonchev–Trinajstić information content (AvgIpc) is 2.40. The highest BCUT2D eigenvalue weighted by Gasteiger charge is 2.20. The molecule has 3 heteroatoms. The monoisotopic (exact) mass is 242 g/mol. The molecule has 0 aromatic heterocycles. The summed E-state index contributed by atoms with van der Waals surface area (Å²) in [6.07, 6.45) is 2.12. The number of hydrogen-bond donors (Lipinski definition) is 1. The maximum atomic E-state index is 11.5. The Balaban J connectivity index is 1.96. The average molecular weight is 242 g/mol. The second-order valence-electron chi connectivity index (χ2n) is 4.47. The fraction of sp³-hybridized carbons (Fsp3) is 0.400. The van der Waals surface area contributed by atoms with Crippen molar-refractivity contribution in [1.29, 1.82) is 0 Å². The van der Waals surface area contributed by atoms with Crippen LogP contribution in [0.25, 0.3) is 0 Å². The number of hydrogen-bond acceptors (Lipinski definition) is 2. The van der Waals surface area contributed by atoms with Crippen LogP contribution in [0.5, 0.6) is 0 Å². The molecule has 1 saturated heterocycles. The highest BCUT2D eigenvalue weighted by molar-refractivity contribution is 5.93. The van der Waals surface area contributed by atoms with E-state index in [0.29, 0.717) is 0 Å². The summed E-state index contributed by atoms with van der Waals surface area (Å²) >= 11 is 0. The van der Waals surface area contributed by atoms with Crippen LogP contribution < -0.4 is 10.2 Å². The van der Waals surface area contributed by atoms with Gasteiger partial charge in [-0.05, 0) is 37.8 Å². The molecular weight excluding hydrogens is 224 g/mol. The van der Waals surface area contributed by atoms with Gasteiger partial charge in [0.1, 0.15) is 0 Å². The SMILES string of the molecule is CC#CC(=O)N[C@H]1CCCN(c2ccccc2)C1. The second kappa shape index (κ2) is 6.11. The van der Waals surface area contributed by atoms with Gasteiger partial charge < -0.3 is 10.2 Å². The number of benzene rings is 1. The molecule has 94 valence electrons. The van der Waals surface area contributed by atoms with Gasteiger partial charge in [0, 0.05) is 24.8 Å². The van der Waals surface area contributed by atoms with Crippen LogP contribution in [-0.4, -0.2) is 25.0 Å². The molecule has 0 aliphatic carbocycles. The molecule has 0 bridgehead atoms. The van der Waals surface area contributed by atoms with Crippen molar-refractivity contribution in [2.75, 3.05) is 18.0 Å². The predicted molar refractivity (Wildman–Crippen MR) is 73.3 cm³/mol. The molecule has 2 rings (SSSR count). The number of nitrogens with one attached hydrogen (secondary N) is 1. The van der Waals surface area contributed by atoms with Crippen molar-refractivity contribution < 1.29 is 4.79 Å². The Bertz CT molecular complexity index is 458. The molecule has 18 heavy (non-hydrogen) atoms. The number of carbonyl (C=O) groups excluding carboxylic acids is 1. The van der Waals surface area contributed by atoms with Crippen LogP contribution in [0.15, 0.2) is 30.3 Å². The van der Waals surface area contributed by atoms with Crippen LogP contribution in [0.3, 0.4) is 0 Å². The Labute approximate surface area is 108 Å². The molecule has 0 radical (unpaired) electrons. The number of rotatable bonds is 2. The maximum absolute atomic E-state index is 11.5. The third-order valence-electron chi connectivity index (χ3n) is 3.12. The molecule has 1 fully saturated rings. The topological polar surface area (TPSA) is 32.3 Å². The van der Waals surface area contributed by atoms with Gasteiger partial charge in [-0.3, -0.25) is 4.79 Å². The van der Waals surface area contributed by atoms with Gasteiger partial charge >= 0.3 is 0 Å². The van der Waals surface area contributed by atoms with Gasteiger partial charge in [-0.2, -0.15) is 0 Å². The number of anilines is 1. The van der Waals surface area contributed by atoms with Crippen molar-refractivity contribution in [3.05, 3.63) is 30.3 Å². The molecule has 3 nitrogen and oxygen atoms in total. The molecule has 0 saturated carbocycles. The lowest BCUT2D eigenvalue weighted by Gasteiger charge is -2.34. The minimum Gasteiger partial charge on any atom is -0.369 e. The third kappa shape index (κ3) is 3.27. The molecule has 1 heterocycles. The van der Waals surface area contributed by atoms with Gasteiger partial charge in [0.2, 0.25) is 0 Å². The van der Waals surface area contributed by atoms with Crippen LogP contribution in [0.1, 0.15) is 19.8 Å². The van der Waals surface area contributed by atoms with Crippen LogP contribution in [-0.2, 0) is 4.79 Å². The van der Waals surface area contributed by atoms with E-state index in [9.17, 15) is 4.79 Å². The van der Waals surface area contributed by atoms with E-state index in [0.717, 1.165) is 25.9 Å². The third-order valence-corrected chi connectivity index (χ3v) is 3.12. The Morgan fingerprint density at radius 3 is 2.89 bits per heavy atom. The van der Waals surface area contributed by atoms with E-state index < -0.39 is 0 Å². The largest absolute Gasteiger partial charge is 0.369 e. The van der Waals surface area contributed by atoms with Crippen LogP contribution in [0.4, 0.5) is 5.69 Å². The van der Waals surface area contributed by atoms with Crippen molar-refractivity contribution >= 4 is 11.6 Å². The molecule has 1 aromatic carbocycles. The van der Waals surface area contributed by atoms with Gasteiger partial charge in [0.05, 0.1) is 0 Å². The summed E-state index contributed by atoms with van der Waals surface area (Å²) in [4.78, 5) is 13.8. The zero-order valence-electron chi connectivity index (χ0n) is 10.6. The van der Waals surface area contributed by atoms with Gasteiger partial charge in [-0.15, -0.1) is 0 Å². The van der Waals surface area contributed by atoms with Crippen molar-refractivity contribution in [2.24, 2.45) is 0 Å². The summed E-state index contributed by atoms with van der Waals surface area (Å²) in [6.45, 7) is 3.59. The Morgan fingerprint density at radius 2 is 2.17 bits per heavy atom. The smallest absolute Gasteiger partial charge is 0.296 e. The molecule has 1 N–H and O–H groups in total. The summed E-state index contributed by atoms with van der Waals surface area (Å²) in [6, 6.07) is 10.5. The van der Waals surface area contributed by atoms with E-state index >= 15 is 0 Å². The first-order valence-electron chi connectivity index (χ1n) is 6.33. The first-order valence-corrected chi connectivity index (χ1v) is 6.33. The normalized spacial score (nSPS) is 18.7. The number of nitrogens with zero attached hydrogens (tertiary/aromatic N) is 1. The maximum Gasteiger partial charge on any atom is 0.296 e. The van der Waals surface area contributed by atoms with Gasteiger partial charge in [-0.1, -0.05) is 24.1 Å². The summed E-state index contributed by atoms with van der Waals surface area (Å²) in [5, 5.41) is 2.97. The van der Waals surface area contributed by atoms with Gasteiger partial charge in [0.15, 0.2) is 0 Å². The highest BCUT2D eigenvalue weighted by Crippen LogP contribution is 2.19. The molecule has 1 amide bonds. The van der Waals surface area contributed by atoms with Crippen molar-refractivity contribution in [2.45, 2.75) is 25.8 Å². The molecule has 1 atom stereocenters. The molecule has 1 aliphatic rings.